The first-order chi connectivity index (χ1) is 10.6. The first-order valence-electron chi connectivity index (χ1n) is 8.19. The molecule has 1 aromatic rings. The molecule has 22 heavy (non-hydrogen) atoms. The molecule has 122 valence electrons. The third-order valence-corrected chi connectivity index (χ3v) is 5.23. The van der Waals surface area contributed by atoms with Gasteiger partial charge in [-0.05, 0) is 49.8 Å². The number of nitrogens with zero attached hydrogens (tertiary/aromatic N) is 1. The lowest BCUT2D eigenvalue weighted by molar-refractivity contribution is -0.123. The minimum absolute atomic E-state index is 0.155. The highest BCUT2D eigenvalue weighted by molar-refractivity contribution is 7.98. The SMILES string of the molecule is CSc1ccc(CN(C)CC(=O)N[C@@H]2CCCC[C@H]2C)cc1. The van der Waals surface area contributed by atoms with Crippen molar-refractivity contribution in [1.82, 2.24) is 10.2 Å². The number of amides is 1. The Morgan fingerprint density at radius 1 is 1.27 bits per heavy atom. The maximum atomic E-state index is 12.2. The zero-order valence-electron chi connectivity index (χ0n) is 14.0. The predicted octanol–water partition coefficient (Wildman–Crippen LogP) is 3.54. The van der Waals surface area contributed by atoms with Gasteiger partial charge in [0, 0.05) is 17.5 Å². The molecule has 4 heteroatoms. The lowest BCUT2D eigenvalue weighted by atomic mass is 9.86. The van der Waals surface area contributed by atoms with Crippen LogP contribution in [-0.2, 0) is 11.3 Å². The Bertz CT molecular complexity index is 474. The Morgan fingerprint density at radius 3 is 2.59 bits per heavy atom. The van der Waals surface area contributed by atoms with Crippen LogP contribution in [0.4, 0.5) is 0 Å². The number of likely N-dealkylation sites (N-methyl/N-ethyl adjacent to an activating group) is 1. The molecule has 1 aliphatic rings. The van der Waals surface area contributed by atoms with Gasteiger partial charge in [0.1, 0.15) is 0 Å². The van der Waals surface area contributed by atoms with E-state index in [1.54, 1.807) is 11.8 Å². The Morgan fingerprint density at radius 2 is 1.95 bits per heavy atom. The number of carbonyl (C=O) groups is 1. The van der Waals surface area contributed by atoms with Gasteiger partial charge in [-0.25, -0.2) is 0 Å². The van der Waals surface area contributed by atoms with Crippen molar-refractivity contribution in [3.8, 4) is 0 Å². The number of benzene rings is 1. The fraction of sp³-hybridized carbons (Fsp3) is 0.611. The van der Waals surface area contributed by atoms with Crippen LogP contribution in [0, 0.1) is 5.92 Å². The van der Waals surface area contributed by atoms with Gasteiger partial charge < -0.3 is 5.32 Å². The summed E-state index contributed by atoms with van der Waals surface area (Å²) in [5.74, 6) is 0.768. The normalized spacial score (nSPS) is 21.8. The summed E-state index contributed by atoms with van der Waals surface area (Å²) in [6.07, 6.45) is 7.00. The van der Waals surface area contributed by atoms with Crippen molar-refractivity contribution in [2.45, 2.75) is 50.1 Å². The minimum Gasteiger partial charge on any atom is -0.352 e. The van der Waals surface area contributed by atoms with E-state index in [0.29, 0.717) is 18.5 Å². The van der Waals surface area contributed by atoms with Gasteiger partial charge in [-0.1, -0.05) is 31.9 Å². The fourth-order valence-corrected chi connectivity index (χ4v) is 3.54. The van der Waals surface area contributed by atoms with Crippen LogP contribution in [-0.4, -0.2) is 36.7 Å². The third kappa shape index (κ3) is 5.33. The lowest BCUT2D eigenvalue weighted by Gasteiger charge is -2.30. The summed E-state index contributed by atoms with van der Waals surface area (Å²) in [5.41, 5.74) is 1.25. The molecule has 1 aliphatic carbocycles. The van der Waals surface area contributed by atoms with E-state index in [9.17, 15) is 4.79 Å². The highest BCUT2D eigenvalue weighted by Crippen LogP contribution is 2.23. The summed E-state index contributed by atoms with van der Waals surface area (Å²) < 4.78 is 0. The summed E-state index contributed by atoms with van der Waals surface area (Å²) in [7, 11) is 2.01. The van der Waals surface area contributed by atoms with Gasteiger partial charge in [0.15, 0.2) is 0 Å². The quantitative estimate of drug-likeness (QED) is 0.814. The largest absolute Gasteiger partial charge is 0.352 e. The molecule has 0 aliphatic heterocycles. The van der Waals surface area contributed by atoms with E-state index in [1.165, 1.54) is 29.7 Å². The molecule has 0 aromatic heterocycles. The van der Waals surface area contributed by atoms with Gasteiger partial charge in [0.25, 0.3) is 0 Å². The molecule has 2 atom stereocenters. The molecular formula is C18H28N2OS. The van der Waals surface area contributed by atoms with Gasteiger partial charge in [-0.2, -0.15) is 0 Å². The lowest BCUT2D eigenvalue weighted by Crippen LogP contribution is -2.44. The number of carbonyl (C=O) groups excluding carboxylic acids is 1. The Balaban J connectivity index is 1.77. The first-order valence-corrected chi connectivity index (χ1v) is 9.42. The van der Waals surface area contributed by atoms with Gasteiger partial charge in [-0.3, -0.25) is 9.69 Å². The molecule has 1 fully saturated rings. The van der Waals surface area contributed by atoms with Crippen LogP contribution < -0.4 is 5.32 Å². The Hall–Kier alpha value is -1.00. The average Bonchev–Trinajstić information content (AvgIpc) is 2.50. The van der Waals surface area contributed by atoms with E-state index in [-0.39, 0.29) is 5.91 Å². The third-order valence-electron chi connectivity index (χ3n) is 4.48. The molecule has 0 spiro atoms. The second-order valence-electron chi connectivity index (χ2n) is 6.46. The summed E-state index contributed by atoms with van der Waals surface area (Å²) in [4.78, 5) is 15.6. The second kappa shape index (κ2) is 8.59. The molecule has 0 bridgehead atoms. The topological polar surface area (TPSA) is 32.3 Å². The Labute approximate surface area is 138 Å². The molecule has 0 heterocycles. The monoisotopic (exact) mass is 320 g/mol. The van der Waals surface area contributed by atoms with Crippen LogP contribution in [0.2, 0.25) is 0 Å². The van der Waals surface area contributed by atoms with Crippen molar-refractivity contribution in [2.75, 3.05) is 19.8 Å². The van der Waals surface area contributed by atoms with Crippen LogP contribution in [0.3, 0.4) is 0 Å². The van der Waals surface area contributed by atoms with Crippen LogP contribution in [0.15, 0.2) is 29.2 Å². The second-order valence-corrected chi connectivity index (χ2v) is 7.34. The highest BCUT2D eigenvalue weighted by Gasteiger charge is 2.22. The number of rotatable bonds is 6. The van der Waals surface area contributed by atoms with Gasteiger partial charge in [-0.15, -0.1) is 11.8 Å². The van der Waals surface area contributed by atoms with Crippen LogP contribution in [0.1, 0.15) is 38.2 Å². The van der Waals surface area contributed by atoms with Crippen LogP contribution >= 0.6 is 11.8 Å². The van der Waals surface area contributed by atoms with E-state index in [1.807, 2.05) is 7.05 Å². The maximum Gasteiger partial charge on any atom is 0.234 e. The minimum atomic E-state index is 0.155. The first kappa shape index (κ1) is 17.4. The fourth-order valence-electron chi connectivity index (χ4n) is 3.13. The molecule has 1 N–H and O–H groups in total. The van der Waals surface area contributed by atoms with Gasteiger partial charge in [0.05, 0.1) is 6.54 Å². The molecule has 1 saturated carbocycles. The van der Waals surface area contributed by atoms with Gasteiger partial charge >= 0.3 is 0 Å². The zero-order valence-corrected chi connectivity index (χ0v) is 14.8. The van der Waals surface area contributed by atoms with Crippen molar-refractivity contribution in [3.63, 3.8) is 0 Å². The van der Waals surface area contributed by atoms with Crippen LogP contribution in [0.25, 0.3) is 0 Å². The van der Waals surface area contributed by atoms with Crippen molar-refractivity contribution in [2.24, 2.45) is 5.92 Å². The van der Waals surface area contributed by atoms with Crippen molar-refractivity contribution >= 4 is 17.7 Å². The van der Waals surface area contributed by atoms with E-state index in [0.717, 1.165) is 13.0 Å². The summed E-state index contributed by atoms with van der Waals surface area (Å²) in [6.45, 7) is 3.52. The summed E-state index contributed by atoms with van der Waals surface area (Å²) >= 11 is 1.75. The van der Waals surface area contributed by atoms with E-state index < -0.39 is 0 Å². The molecule has 0 unspecified atom stereocenters. The molecule has 0 radical (unpaired) electrons. The predicted molar refractivity (Wildman–Crippen MR) is 94.1 cm³/mol. The van der Waals surface area contributed by atoms with E-state index in [2.05, 4.69) is 47.7 Å². The van der Waals surface area contributed by atoms with Crippen molar-refractivity contribution < 1.29 is 4.79 Å². The average molecular weight is 321 g/mol. The zero-order chi connectivity index (χ0) is 15.9. The van der Waals surface area contributed by atoms with E-state index in [4.69, 9.17) is 0 Å². The Kier molecular flexibility index (Phi) is 6.77. The van der Waals surface area contributed by atoms with Crippen LogP contribution in [0.5, 0.6) is 0 Å². The molecule has 1 amide bonds. The summed E-state index contributed by atoms with van der Waals surface area (Å²) in [6, 6.07) is 8.93. The van der Waals surface area contributed by atoms with E-state index >= 15 is 0 Å². The molecular weight excluding hydrogens is 292 g/mol. The maximum absolute atomic E-state index is 12.2. The smallest absolute Gasteiger partial charge is 0.234 e. The van der Waals surface area contributed by atoms with Crippen molar-refractivity contribution in [1.29, 1.82) is 0 Å². The highest BCUT2D eigenvalue weighted by atomic mass is 32.2. The molecule has 1 aromatic carbocycles. The number of hydrogen-bond donors (Lipinski definition) is 1. The molecule has 0 saturated heterocycles. The van der Waals surface area contributed by atoms with Gasteiger partial charge in [0.2, 0.25) is 5.91 Å². The number of hydrogen-bond acceptors (Lipinski definition) is 3. The standard InChI is InChI=1S/C18H28N2OS/c1-14-6-4-5-7-17(14)19-18(21)13-20(2)12-15-8-10-16(22-3)11-9-15/h8-11,14,17H,4-7,12-13H2,1-3H3,(H,19,21)/t14-,17-/m1/s1. The van der Waals surface area contributed by atoms with Crippen molar-refractivity contribution in [3.05, 3.63) is 29.8 Å². The number of nitrogens with one attached hydrogen (secondary N) is 1. The molecule has 3 nitrogen and oxygen atoms in total. The number of thioether (sulfide) groups is 1. The summed E-state index contributed by atoms with van der Waals surface area (Å²) in [5, 5.41) is 3.22. The molecule has 2 rings (SSSR count).